The predicted octanol–water partition coefficient (Wildman–Crippen LogP) is 0.352. The minimum atomic E-state index is -1.21. The molecule has 0 radical (unpaired) electrons. The summed E-state index contributed by atoms with van der Waals surface area (Å²) in [4.78, 5) is 28.7. The van der Waals surface area contributed by atoms with Gasteiger partial charge in [0.25, 0.3) is 0 Å². The number of esters is 1. The molecule has 0 atom stereocenters. The Labute approximate surface area is 79.6 Å². The number of carbonyl (C=O) groups is 2. The summed E-state index contributed by atoms with van der Waals surface area (Å²) in [5.74, 6) is -1.87. The normalized spacial score (nSPS) is 9.50. The summed E-state index contributed by atoms with van der Waals surface area (Å²) in [5.41, 5.74) is -0.290. The van der Waals surface area contributed by atoms with E-state index in [0.717, 1.165) is 12.4 Å². The Morgan fingerprint density at radius 2 is 2.07 bits per heavy atom. The van der Waals surface area contributed by atoms with Gasteiger partial charge in [-0.05, 0) is 6.92 Å². The molecule has 1 N–H and O–H groups in total. The van der Waals surface area contributed by atoms with Gasteiger partial charge in [0.05, 0.1) is 6.61 Å². The van der Waals surface area contributed by atoms with E-state index in [0.29, 0.717) is 0 Å². The van der Waals surface area contributed by atoms with Crippen molar-refractivity contribution >= 4 is 11.9 Å². The van der Waals surface area contributed by atoms with E-state index in [1.54, 1.807) is 6.92 Å². The fraction of sp³-hybridized carbons (Fsp3) is 0.250. The number of rotatable bonds is 3. The fourth-order valence-electron chi connectivity index (χ4n) is 0.791. The Balaban J connectivity index is 2.93. The zero-order chi connectivity index (χ0) is 10.6. The smallest absolute Gasteiger partial charge is 0.357 e. The molecular formula is C8H8N2O4. The maximum absolute atomic E-state index is 11.1. The molecule has 6 heteroatoms. The van der Waals surface area contributed by atoms with Crippen molar-refractivity contribution in [3.05, 3.63) is 23.8 Å². The van der Waals surface area contributed by atoms with E-state index in [1.807, 2.05) is 0 Å². The van der Waals surface area contributed by atoms with E-state index in [2.05, 4.69) is 14.7 Å². The van der Waals surface area contributed by atoms with E-state index in [1.165, 1.54) is 0 Å². The van der Waals surface area contributed by atoms with Gasteiger partial charge in [-0.1, -0.05) is 0 Å². The van der Waals surface area contributed by atoms with Gasteiger partial charge in [0.2, 0.25) is 0 Å². The molecule has 0 aliphatic carbocycles. The van der Waals surface area contributed by atoms with Gasteiger partial charge >= 0.3 is 11.9 Å². The van der Waals surface area contributed by atoms with Gasteiger partial charge in [-0.3, -0.25) is 0 Å². The predicted molar refractivity (Wildman–Crippen MR) is 44.9 cm³/mol. The van der Waals surface area contributed by atoms with Crippen LogP contribution in [0.4, 0.5) is 0 Å². The number of ether oxygens (including phenoxy) is 1. The first-order valence-electron chi connectivity index (χ1n) is 3.87. The largest absolute Gasteiger partial charge is 0.477 e. The van der Waals surface area contributed by atoms with Crippen LogP contribution in [-0.4, -0.2) is 33.6 Å². The highest BCUT2D eigenvalue weighted by Crippen LogP contribution is 2.00. The van der Waals surface area contributed by atoms with Crippen molar-refractivity contribution in [2.24, 2.45) is 0 Å². The number of carboxylic acids is 1. The Morgan fingerprint density at radius 3 is 2.64 bits per heavy atom. The summed E-state index contributed by atoms with van der Waals surface area (Å²) in [6, 6.07) is 1.07. The van der Waals surface area contributed by atoms with Crippen molar-refractivity contribution in [2.45, 2.75) is 6.92 Å². The van der Waals surface area contributed by atoms with Crippen LogP contribution in [0.25, 0.3) is 0 Å². The van der Waals surface area contributed by atoms with Gasteiger partial charge < -0.3 is 9.84 Å². The average molecular weight is 196 g/mol. The van der Waals surface area contributed by atoms with Gasteiger partial charge in [0, 0.05) is 6.07 Å². The first-order chi connectivity index (χ1) is 6.65. The second-order valence-electron chi connectivity index (χ2n) is 2.31. The third kappa shape index (κ3) is 2.25. The van der Waals surface area contributed by atoms with Crippen molar-refractivity contribution in [3.63, 3.8) is 0 Å². The second kappa shape index (κ2) is 4.31. The summed E-state index contributed by atoms with van der Waals surface area (Å²) in [7, 11) is 0. The molecule has 6 nitrogen and oxygen atoms in total. The summed E-state index contributed by atoms with van der Waals surface area (Å²) in [6.45, 7) is 1.86. The Kier molecular flexibility index (Phi) is 3.11. The van der Waals surface area contributed by atoms with Gasteiger partial charge in [0.1, 0.15) is 6.33 Å². The number of carboxylic acid groups (broad SMARTS) is 1. The molecule has 0 aliphatic heterocycles. The number of hydrogen-bond donors (Lipinski definition) is 1. The molecule has 0 amide bonds. The topological polar surface area (TPSA) is 89.4 Å². The lowest BCUT2D eigenvalue weighted by atomic mass is 10.3. The molecule has 0 saturated heterocycles. The monoisotopic (exact) mass is 196 g/mol. The number of aromatic carboxylic acids is 1. The SMILES string of the molecule is CCOC(=O)c1cc(C(=O)O)ncn1. The van der Waals surface area contributed by atoms with Crippen LogP contribution in [0.1, 0.15) is 27.9 Å². The molecule has 0 aliphatic rings. The van der Waals surface area contributed by atoms with Crippen LogP contribution in [0, 0.1) is 0 Å². The third-order valence-electron chi connectivity index (χ3n) is 1.37. The van der Waals surface area contributed by atoms with Crippen molar-refractivity contribution in [2.75, 3.05) is 6.61 Å². The quantitative estimate of drug-likeness (QED) is 0.701. The summed E-state index contributed by atoms with van der Waals surface area (Å²) >= 11 is 0. The lowest BCUT2D eigenvalue weighted by molar-refractivity contribution is 0.0519. The highest BCUT2D eigenvalue weighted by Gasteiger charge is 2.12. The van der Waals surface area contributed by atoms with E-state index in [9.17, 15) is 9.59 Å². The molecular weight excluding hydrogens is 188 g/mol. The molecule has 74 valence electrons. The number of aromatic nitrogens is 2. The Morgan fingerprint density at radius 1 is 1.43 bits per heavy atom. The van der Waals surface area contributed by atoms with Crippen molar-refractivity contribution in [3.8, 4) is 0 Å². The lowest BCUT2D eigenvalue weighted by Gasteiger charge is -2.00. The molecule has 1 aromatic rings. The van der Waals surface area contributed by atoms with Crippen molar-refractivity contribution in [1.82, 2.24) is 9.97 Å². The highest BCUT2D eigenvalue weighted by atomic mass is 16.5. The molecule has 0 spiro atoms. The second-order valence-corrected chi connectivity index (χ2v) is 2.31. The van der Waals surface area contributed by atoms with E-state index in [4.69, 9.17) is 5.11 Å². The van der Waals surface area contributed by atoms with Crippen LogP contribution < -0.4 is 0 Å². The maximum Gasteiger partial charge on any atom is 0.357 e. The summed E-state index contributed by atoms with van der Waals surface area (Å²) in [5, 5.41) is 8.58. The molecule has 0 unspecified atom stereocenters. The number of carbonyl (C=O) groups excluding carboxylic acids is 1. The van der Waals surface area contributed by atoms with Crippen molar-refractivity contribution < 1.29 is 19.4 Å². The lowest BCUT2D eigenvalue weighted by Crippen LogP contribution is -2.10. The Hall–Kier alpha value is -1.98. The van der Waals surface area contributed by atoms with Crippen LogP contribution in [0.5, 0.6) is 0 Å². The highest BCUT2D eigenvalue weighted by molar-refractivity contribution is 5.91. The number of hydrogen-bond acceptors (Lipinski definition) is 5. The molecule has 1 aromatic heterocycles. The number of nitrogens with zero attached hydrogens (tertiary/aromatic N) is 2. The van der Waals surface area contributed by atoms with E-state index < -0.39 is 11.9 Å². The van der Waals surface area contributed by atoms with Crippen molar-refractivity contribution in [1.29, 1.82) is 0 Å². The molecule has 0 saturated carbocycles. The van der Waals surface area contributed by atoms with Gasteiger partial charge in [-0.2, -0.15) is 0 Å². The minimum Gasteiger partial charge on any atom is -0.477 e. The third-order valence-corrected chi connectivity index (χ3v) is 1.37. The minimum absolute atomic E-state index is 0.0562. The van der Waals surface area contributed by atoms with Gasteiger partial charge in [-0.15, -0.1) is 0 Å². The first-order valence-corrected chi connectivity index (χ1v) is 3.87. The van der Waals surface area contributed by atoms with Crippen LogP contribution in [0.2, 0.25) is 0 Å². The fourth-order valence-corrected chi connectivity index (χ4v) is 0.791. The first kappa shape index (κ1) is 10.1. The van der Waals surface area contributed by atoms with Crippen LogP contribution in [-0.2, 0) is 4.74 Å². The van der Waals surface area contributed by atoms with Crippen LogP contribution in [0.15, 0.2) is 12.4 Å². The molecule has 0 fully saturated rings. The van der Waals surface area contributed by atoms with E-state index in [-0.39, 0.29) is 18.0 Å². The standard InChI is InChI=1S/C8H8N2O4/c1-2-14-8(13)6-3-5(7(11)12)9-4-10-6/h3-4H,2H2,1H3,(H,11,12). The maximum atomic E-state index is 11.1. The Bertz CT molecular complexity index is 364. The molecule has 1 heterocycles. The zero-order valence-electron chi connectivity index (χ0n) is 7.43. The van der Waals surface area contributed by atoms with Crippen LogP contribution >= 0.6 is 0 Å². The zero-order valence-corrected chi connectivity index (χ0v) is 7.43. The molecule has 1 rings (SSSR count). The summed E-state index contributed by atoms with van der Waals surface area (Å²) < 4.78 is 4.64. The van der Waals surface area contributed by atoms with Gasteiger partial charge in [0.15, 0.2) is 11.4 Å². The molecule has 14 heavy (non-hydrogen) atoms. The average Bonchev–Trinajstić information content (AvgIpc) is 2.18. The molecule has 0 aromatic carbocycles. The van der Waals surface area contributed by atoms with E-state index >= 15 is 0 Å². The summed E-state index contributed by atoms with van der Waals surface area (Å²) in [6.07, 6.45) is 1.01. The van der Waals surface area contributed by atoms with Gasteiger partial charge in [-0.25, -0.2) is 19.6 Å². The molecule has 0 bridgehead atoms. The van der Waals surface area contributed by atoms with Crippen LogP contribution in [0.3, 0.4) is 0 Å².